The van der Waals surface area contributed by atoms with Crippen LogP contribution in [0.25, 0.3) is 0 Å². The van der Waals surface area contributed by atoms with E-state index in [2.05, 4.69) is 28.4 Å². The van der Waals surface area contributed by atoms with Crippen LogP contribution >= 0.6 is 11.6 Å². The summed E-state index contributed by atoms with van der Waals surface area (Å²) < 4.78 is 10.4. The van der Waals surface area contributed by atoms with E-state index in [4.69, 9.17) is 21.1 Å². The quantitative estimate of drug-likeness (QED) is 0.785. The predicted molar refractivity (Wildman–Crippen MR) is 87.3 cm³/mol. The molecule has 2 rings (SSSR count). The number of hydrogen-bond donors (Lipinski definition) is 1. The monoisotopic (exact) mass is 312 g/mol. The minimum absolute atomic E-state index is 0.404. The van der Waals surface area contributed by atoms with Crippen molar-refractivity contribution in [2.45, 2.75) is 25.5 Å². The molecule has 5 heteroatoms. The number of rotatable bonds is 7. The van der Waals surface area contributed by atoms with Gasteiger partial charge in [0, 0.05) is 51.1 Å². The van der Waals surface area contributed by atoms with Gasteiger partial charge in [0.2, 0.25) is 0 Å². The van der Waals surface area contributed by atoms with Crippen molar-refractivity contribution in [3.05, 3.63) is 28.8 Å². The molecule has 1 aliphatic rings. The van der Waals surface area contributed by atoms with Gasteiger partial charge in [-0.3, -0.25) is 0 Å². The highest BCUT2D eigenvalue weighted by atomic mass is 35.5. The molecule has 0 saturated carbocycles. The Bertz CT molecular complexity index is 434. The highest BCUT2D eigenvalue weighted by Gasteiger charge is 2.19. The second kappa shape index (κ2) is 8.59. The molecule has 0 bridgehead atoms. The van der Waals surface area contributed by atoms with Gasteiger partial charge in [-0.15, -0.1) is 0 Å². The summed E-state index contributed by atoms with van der Waals surface area (Å²) in [4.78, 5) is 2.38. The average Bonchev–Trinajstić information content (AvgIpc) is 2.53. The molecule has 118 valence electrons. The zero-order valence-electron chi connectivity index (χ0n) is 12.9. The molecule has 0 amide bonds. The van der Waals surface area contributed by atoms with E-state index in [9.17, 15) is 0 Å². The Morgan fingerprint density at radius 3 is 2.67 bits per heavy atom. The van der Waals surface area contributed by atoms with Crippen molar-refractivity contribution in [2.24, 2.45) is 0 Å². The number of ether oxygens (including phenoxy) is 2. The molecule has 0 unspecified atom stereocenters. The minimum Gasteiger partial charge on any atom is -0.383 e. The largest absolute Gasteiger partial charge is 0.383 e. The van der Waals surface area contributed by atoms with Gasteiger partial charge in [0.15, 0.2) is 0 Å². The standard InChI is InChI=1S/C16H25ClN2O2/c1-20-10-7-18-12-13-3-4-14(11-16(13)17)19-8-5-15(21-2)6-9-19/h3-4,11,15,18H,5-10,12H2,1-2H3. The van der Waals surface area contributed by atoms with Crippen molar-refractivity contribution in [3.8, 4) is 0 Å². The number of methoxy groups -OCH3 is 2. The molecule has 4 nitrogen and oxygen atoms in total. The lowest BCUT2D eigenvalue weighted by molar-refractivity contribution is 0.0819. The van der Waals surface area contributed by atoms with Gasteiger partial charge < -0.3 is 19.7 Å². The van der Waals surface area contributed by atoms with Crippen LogP contribution in [0.15, 0.2) is 18.2 Å². The number of halogens is 1. The summed E-state index contributed by atoms with van der Waals surface area (Å²) in [6.45, 7) is 4.37. The van der Waals surface area contributed by atoms with E-state index in [0.717, 1.165) is 49.6 Å². The molecule has 0 radical (unpaired) electrons. The van der Waals surface area contributed by atoms with Crippen LogP contribution in [-0.4, -0.2) is 46.6 Å². The van der Waals surface area contributed by atoms with Gasteiger partial charge in [-0.2, -0.15) is 0 Å². The molecule has 1 aromatic rings. The Kier molecular flexibility index (Phi) is 6.77. The molecule has 1 fully saturated rings. The van der Waals surface area contributed by atoms with Crippen LogP contribution in [0, 0.1) is 0 Å². The summed E-state index contributed by atoms with van der Waals surface area (Å²) in [5.74, 6) is 0. The summed E-state index contributed by atoms with van der Waals surface area (Å²) in [5, 5.41) is 4.14. The number of piperidine rings is 1. The molecule has 0 atom stereocenters. The van der Waals surface area contributed by atoms with Crippen LogP contribution in [0.2, 0.25) is 5.02 Å². The van der Waals surface area contributed by atoms with Crippen LogP contribution in [0.3, 0.4) is 0 Å². The van der Waals surface area contributed by atoms with E-state index in [-0.39, 0.29) is 0 Å². The van der Waals surface area contributed by atoms with Crippen molar-refractivity contribution >= 4 is 17.3 Å². The number of benzene rings is 1. The van der Waals surface area contributed by atoms with Crippen LogP contribution in [0.1, 0.15) is 18.4 Å². The lowest BCUT2D eigenvalue weighted by Gasteiger charge is -2.33. The molecule has 21 heavy (non-hydrogen) atoms. The number of anilines is 1. The SMILES string of the molecule is COCCNCc1ccc(N2CCC(OC)CC2)cc1Cl. The van der Waals surface area contributed by atoms with Crippen LogP contribution in [-0.2, 0) is 16.0 Å². The minimum atomic E-state index is 0.404. The average molecular weight is 313 g/mol. The van der Waals surface area contributed by atoms with Gasteiger partial charge in [-0.25, -0.2) is 0 Å². The molecule has 0 aromatic heterocycles. The van der Waals surface area contributed by atoms with E-state index in [1.807, 2.05) is 0 Å². The van der Waals surface area contributed by atoms with E-state index in [1.54, 1.807) is 14.2 Å². The first-order valence-corrected chi connectivity index (χ1v) is 7.88. The fourth-order valence-corrected chi connectivity index (χ4v) is 2.86. The maximum atomic E-state index is 6.39. The Hall–Kier alpha value is -0.810. The van der Waals surface area contributed by atoms with Crippen LogP contribution < -0.4 is 10.2 Å². The van der Waals surface area contributed by atoms with Crippen LogP contribution in [0.5, 0.6) is 0 Å². The number of nitrogens with one attached hydrogen (secondary N) is 1. The molecule has 0 aliphatic carbocycles. The van der Waals surface area contributed by atoms with Gasteiger partial charge in [-0.05, 0) is 30.5 Å². The maximum Gasteiger partial charge on any atom is 0.0605 e. The molecule has 1 aliphatic heterocycles. The third-order valence-electron chi connectivity index (χ3n) is 3.98. The Morgan fingerprint density at radius 2 is 2.05 bits per heavy atom. The van der Waals surface area contributed by atoms with E-state index in [1.165, 1.54) is 5.69 Å². The Morgan fingerprint density at radius 1 is 1.29 bits per heavy atom. The van der Waals surface area contributed by atoms with Crippen molar-refractivity contribution in [2.75, 3.05) is 45.4 Å². The second-order valence-electron chi connectivity index (χ2n) is 5.37. The van der Waals surface area contributed by atoms with Gasteiger partial charge in [0.25, 0.3) is 0 Å². The summed E-state index contributed by atoms with van der Waals surface area (Å²) in [6.07, 6.45) is 2.56. The third kappa shape index (κ3) is 4.85. The lowest BCUT2D eigenvalue weighted by atomic mass is 10.1. The Labute approximate surface area is 132 Å². The molecule has 0 spiro atoms. The third-order valence-corrected chi connectivity index (χ3v) is 4.33. The van der Waals surface area contributed by atoms with Crippen molar-refractivity contribution < 1.29 is 9.47 Å². The lowest BCUT2D eigenvalue weighted by Crippen LogP contribution is -2.36. The fraction of sp³-hybridized carbons (Fsp3) is 0.625. The summed E-state index contributed by atoms with van der Waals surface area (Å²) in [5.41, 5.74) is 2.33. The smallest absolute Gasteiger partial charge is 0.0605 e. The molecule has 1 saturated heterocycles. The van der Waals surface area contributed by atoms with Gasteiger partial charge in [0.05, 0.1) is 12.7 Å². The number of nitrogens with zero attached hydrogens (tertiary/aromatic N) is 1. The summed E-state index contributed by atoms with van der Waals surface area (Å²) in [7, 11) is 3.50. The van der Waals surface area contributed by atoms with Gasteiger partial charge >= 0.3 is 0 Å². The first-order chi connectivity index (χ1) is 10.2. The summed E-state index contributed by atoms with van der Waals surface area (Å²) >= 11 is 6.39. The second-order valence-corrected chi connectivity index (χ2v) is 5.77. The molecule has 1 N–H and O–H groups in total. The zero-order chi connectivity index (χ0) is 15.1. The normalized spacial score (nSPS) is 16.4. The Balaban J connectivity index is 1.89. The molecule has 1 heterocycles. The molecule has 1 aromatic carbocycles. The molecular weight excluding hydrogens is 288 g/mol. The maximum absolute atomic E-state index is 6.39. The van der Waals surface area contributed by atoms with E-state index in [0.29, 0.717) is 12.7 Å². The topological polar surface area (TPSA) is 33.7 Å². The van der Waals surface area contributed by atoms with E-state index >= 15 is 0 Å². The van der Waals surface area contributed by atoms with Gasteiger partial charge in [0.1, 0.15) is 0 Å². The van der Waals surface area contributed by atoms with E-state index < -0.39 is 0 Å². The highest BCUT2D eigenvalue weighted by Crippen LogP contribution is 2.26. The van der Waals surface area contributed by atoms with Crippen molar-refractivity contribution in [3.63, 3.8) is 0 Å². The number of hydrogen-bond acceptors (Lipinski definition) is 4. The van der Waals surface area contributed by atoms with Crippen molar-refractivity contribution in [1.29, 1.82) is 0 Å². The predicted octanol–water partition coefficient (Wildman–Crippen LogP) is 2.69. The highest BCUT2D eigenvalue weighted by molar-refractivity contribution is 6.31. The van der Waals surface area contributed by atoms with Crippen LogP contribution in [0.4, 0.5) is 5.69 Å². The van der Waals surface area contributed by atoms with Gasteiger partial charge in [-0.1, -0.05) is 17.7 Å². The fourth-order valence-electron chi connectivity index (χ4n) is 2.62. The first kappa shape index (κ1) is 16.6. The first-order valence-electron chi connectivity index (χ1n) is 7.50. The summed E-state index contributed by atoms with van der Waals surface area (Å²) in [6, 6.07) is 6.34. The molecular formula is C16H25ClN2O2. The van der Waals surface area contributed by atoms with Crippen molar-refractivity contribution in [1.82, 2.24) is 5.32 Å². The zero-order valence-corrected chi connectivity index (χ0v) is 13.7.